The Morgan fingerprint density at radius 1 is 1.21 bits per heavy atom. The summed E-state index contributed by atoms with van der Waals surface area (Å²) in [7, 11) is 0. The smallest absolute Gasteiger partial charge is 0.226 e. The van der Waals surface area contributed by atoms with Gasteiger partial charge in [0.25, 0.3) is 0 Å². The van der Waals surface area contributed by atoms with E-state index in [-0.39, 0.29) is 10.9 Å². The number of hydrogen-bond acceptors (Lipinski definition) is 8. The van der Waals surface area contributed by atoms with Crippen molar-refractivity contribution < 1.29 is 13.9 Å². The van der Waals surface area contributed by atoms with E-state index in [0.29, 0.717) is 29.5 Å². The molecule has 0 bridgehead atoms. The quantitative estimate of drug-likeness (QED) is 0.370. The molecule has 3 heterocycles. The molecule has 3 N–H and O–H groups in total. The predicted molar refractivity (Wildman–Crippen MR) is 130 cm³/mol. The van der Waals surface area contributed by atoms with Crippen LogP contribution in [-0.4, -0.2) is 66.7 Å². The van der Waals surface area contributed by atoms with Crippen LogP contribution in [-0.2, 0) is 9.53 Å². The molecule has 0 spiro atoms. The highest BCUT2D eigenvalue weighted by atomic mass is 35.5. The maximum atomic E-state index is 13.4. The number of carbonyl (C=O) groups is 1. The van der Waals surface area contributed by atoms with Crippen molar-refractivity contribution in [3.05, 3.63) is 41.4 Å². The fourth-order valence-electron chi connectivity index (χ4n) is 3.51. The van der Waals surface area contributed by atoms with E-state index in [1.165, 1.54) is 29.8 Å². The summed E-state index contributed by atoms with van der Waals surface area (Å²) in [6.45, 7) is 6.17. The third kappa shape index (κ3) is 6.81. The molecular formula is C22H26ClFN6O2S. The maximum absolute atomic E-state index is 13.4. The second-order valence-electron chi connectivity index (χ2n) is 7.66. The van der Waals surface area contributed by atoms with Gasteiger partial charge in [-0.05, 0) is 43.8 Å². The van der Waals surface area contributed by atoms with E-state index in [2.05, 4.69) is 30.8 Å². The van der Waals surface area contributed by atoms with Crippen LogP contribution in [0.2, 0.25) is 5.02 Å². The number of ether oxygens (including phenoxy) is 1. The van der Waals surface area contributed by atoms with Crippen LogP contribution in [0.25, 0.3) is 10.2 Å². The largest absolute Gasteiger partial charge is 0.379 e. The molecule has 0 aliphatic carbocycles. The van der Waals surface area contributed by atoms with Crippen molar-refractivity contribution in [1.29, 1.82) is 0 Å². The van der Waals surface area contributed by atoms with E-state index >= 15 is 0 Å². The third-order valence-corrected chi connectivity index (χ3v) is 6.48. The molecule has 3 aromatic rings. The molecular weight excluding hydrogens is 467 g/mol. The number of rotatable bonds is 10. The van der Waals surface area contributed by atoms with Crippen molar-refractivity contribution in [3.63, 3.8) is 0 Å². The van der Waals surface area contributed by atoms with Gasteiger partial charge in [0.05, 0.1) is 28.6 Å². The minimum absolute atomic E-state index is 0.0262. The second-order valence-corrected chi connectivity index (χ2v) is 9.10. The standard InChI is InChI=1S/C22H26ClFN6O2S/c23-17-12-15(2-3-18(17)24)28-21-16-13-20(33-22(16)27-14-26-21)29-19(31)4-6-25-5-1-7-30-8-10-32-11-9-30/h2-3,12-14,25H,1,4-11H2,(H,29,31)(H,26,27,28). The van der Waals surface area contributed by atoms with Crippen LogP contribution < -0.4 is 16.0 Å². The first-order chi connectivity index (χ1) is 16.1. The highest BCUT2D eigenvalue weighted by molar-refractivity contribution is 7.22. The number of hydrogen-bond donors (Lipinski definition) is 3. The molecule has 1 amide bonds. The van der Waals surface area contributed by atoms with Gasteiger partial charge in [-0.1, -0.05) is 22.9 Å². The molecule has 33 heavy (non-hydrogen) atoms. The Morgan fingerprint density at radius 3 is 2.88 bits per heavy atom. The van der Waals surface area contributed by atoms with E-state index in [1.807, 2.05) is 6.07 Å². The number of carbonyl (C=O) groups excluding carboxylic acids is 1. The lowest BCUT2D eigenvalue weighted by atomic mass is 10.3. The first-order valence-corrected chi connectivity index (χ1v) is 12.1. The molecule has 1 aliphatic heterocycles. The molecule has 1 fully saturated rings. The first-order valence-electron chi connectivity index (χ1n) is 10.9. The molecule has 8 nitrogen and oxygen atoms in total. The molecule has 4 rings (SSSR count). The van der Waals surface area contributed by atoms with Gasteiger partial charge in [-0.15, -0.1) is 0 Å². The Labute approximate surface area is 200 Å². The average Bonchev–Trinajstić information content (AvgIpc) is 3.22. The number of nitrogens with zero attached hydrogens (tertiary/aromatic N) is 3. The SMILES string of the molecule is O=C(CCNCCCN1CCOCC1)Nc1cc2c(Nc3ccc(F)c(Cl)c3)ncnc2s1. The summed E-state index contributed by atoms with van der Waals surface area (Å²) in [4.78, 5) is 24.0. The monoisotopic (exact) mass is 492 g/mol. The van der Waals surface area contributed by atoms with Gasteiger partial charge in [0.15, 0.2) is 0 Å². The van der Waals surface area contributed by atoms with E-state index in [0.717, 1.165) is 56.0 Å². The molecule has 0 radical (unpaired) electrons. The first kappa shape index (κ1) is 23.8. The van der Waals surface area contributed by atoms with Crippen LogP contribution >= 0.6 is 22.9 Å². The van der Waals surface area contributed by atoms with Gasteiger partial charge in [0.2, 0.25) is 5.91 Å². The zero-order chi connectivity index (χ0) is 23.0. The highest BCUT2D eigenvalue weighted by Gasteiger charge is 2.12. The second kappa shape index (κ2) is 11.7. The number of amides is 1. The molecule has 0 saturated carbocycles. The van der Waals surface area contributed by atoms with Crippen LogP contribution in [0, 0.1) is 5.82 Å². The van der Waals surface area contributed by atoms with Crippen molar-refractivity contribution in [2.24, 2.45) is 0 Å². The van der Waals surface area contributed by atoms with E-state index in [1.54, 1.807) is 6.07 Å². The zero-order valence-corrected chi connectivity index (χ0v) is 19.6. The lowest BCUT2D eigenvalue weighted by Gasteiger charge is -2.26. The van der Waals surface area contributed by atoms with Crippen molar-refractivity contribution in [3.8, 4) is 0 Å². The summed E-state index contributed by atoms with van der Waals surface area (Å²) in [6, 6.07) is 6.20. The maximum Gasteiger partial charge on any atom is 0.226 e. The lowest BCUT2D eigenvalue weighted by molar-refractivity contribution is -0.116. The number of benzene rings is 1. The number of nitrogens with one attached hydrogen (secondary N) is 3. The highest BCUT2D eigenvalue weighted by Crippen LogP contribution is 2.33. The topological polar surface area (TPSA) is 91.4 Å². The average molecular weight is 493 g/mol. The number of halogens is 2. The Kier molecular flexibility index (Phi) is 8.40. The minimum Gasteiger partial charge on any atom is -0.379 e. The van der Waals surface area contributed by atoms with Gasteiger partial charge < -0.3 is 20.7 Å². The molecule has 176 valence electrons. The summed E-state index contributed by atoms with van der Waals surface area (Å²) in [5.74, 6) is 0.0125. The number of morpholine rings is 1. The van der Waals surface area contributed by atoms with E-state index in [9.17, 15) is 9.18 Å². The van der Waals surface area contributed by atoms with Gasteiger partial charge >= 0.3 is 0 Å². The fraction of sp³-hybridized carbons (Fsp3) is 0.409. The molecule has 0 unspecified atom stereocenters. The van der Waals surface area contributed by atoms with Crippen LogP contribution in [0.5, 0.6) is 0 Å². The van der Waals surface area contributed by atoms with Crippen molar-refractivity contribution in [2.75, 3.05) is 56.6 Å². The normalized spacial score (nSPS) is 14.5. The molecule has 1 aromatic carbocycles. The zero-order valence-electron chi connectivity index (χ0n) is 18.1. The minimum atomic E-state index is -0.484. The van der Waals surface area contributed by atoms with Crippen LogP contribution in [0.15, 0.2) is 30.6 Å². The van der Waals surface area contributed by atoms with Crippen molar-refractivity contribution >= 4 is 55.6 Å². The summed E-state index contributed by atoms with van der Waals surface area (Å²) < 4.78 is 18.8. The van der Waals surface area contributed by atoms with Crippen LogP contribution in [0.1, 0.15) is 12.8 Å². The third-order valence-electron chi connectivity index (χ3n) is 5.23. The van der Waals surface area contributed by atoms with E-state index in [4.69, 9.17) is 16.3 Å². The molecule has 0 atom stereocenters. The molecule has 2 aromatic heterocycles. The number of aromatic nitrogens is 2. The van der Waals surface area contributed by atoms with Gasteiger partial charge in [-0.2, -0.15) is 0 Å². The molecule has 1 aliphatic rings. The molecule has 1 saturated heterocycles. The van der Waals surface area contributed by atoms with Gasteiger partial charge in [-0.25, -0.2) is 14.4 Å². The van der Waals surface area contributed by atoms with Crippen LogP contribution in [0.4, 0.5) is 20.9 Å². The Bertz CT molecular complexity index is 1090. The number of thiophene rings is 1. The van der Waals surface area contributed by atoms with Gasteiger partial charge in [0, 0.05) is 31.7 Å². The van der Waals surface area contributed by atoms with Crippen molar-refractivity contribution in [1.82, 2.24) is 20.2 Å². The number of anilines is 3. The Morgan fingerprint density at radius 2 is 2.06 bits per heavy atom. The summed E-state index contributed by atoms with van der Waals surface area (Å²) in [5, 5.41) is 10.9. The molecule has 11 heteroatoms. The van der Waals surface area contributed by atoms with Gasteiger partial charge in [0.1, 0.15) is 22.8 Å². The number of fused-ring (bicyclic) bond motifs is 1. The Balaban J connectivity index is 1.25. The summed E-state index contributed by atoms with van der Waals surface area (Å²) in [5.41, 5.74) is 0.609. The summed E-state index contributed by atoms with van der Waals surface area (Å²) >= 11 is 7.23. The van der Waals surface area contributed by atoms with E-state index < -0.39 is 5.82 Å². The lowest BCUT2D eigenvalue weighted by Crippen LogP contribution is -2.37. The fourth-order valence-corrected chi connectivity index (χ4v) is 4.60. The van der Waals surface area contributed by atoms with Gasteiger partial charge in [-0.3, -0.25) is 9.69 Å². The Hall–Kier alpha value is -2.37. The summed E-state index contributed by atoms with van der Waals surface area (Å²) in [6.07, 6.45) is 2.88. The predicted octanol–water partition coefficient (Wildman–Crippen LogP) is 3.87. The van der Waals surface area contributed by atoms with Crippen LogP contribution in [0.3, 0.4) is 0 Å². The van der Waals surface area contributed by atoms with Crippen molar-refractivity contribution in [2.45, 2.75) is 12.8 Å².